The van der Waals surface area contributed by atoms with Crippen LogP contribution in [0.5, 0.6) is 0 Å². The second kappa shape index (κ2) is 34.6. The molecule has 0 spiro atoms. The van der Waals surface area contributed by atoms with Gasteiger partial charge in [-0.2, -0.15) is 0 Å². The fourth-order valence-corrected chi connectivity index (χ4v) is 5.87. The fraction of sp³-hybridized carbons (Fsp3) is 0.921. The number of amides is 1. The zero-order valence-electron chi connectivity index (χ0n) is 28.5. The van der Waals surface area contributed by atoms with Crippen LogP contribution in [0.15, 0.2) is 12.2 Å². The number of nitrogens with one attached hydrogen (secondary N) is 1. The van der Waals surface area contributed by atoms with Gasteiger partial charge in [0.05, 0.1) is 18.8 Å². The summed E-state index contributed by atoms with van der Waals surface area (Å²) in [4.78, 5) is 11.7. The van der Waals surface area contributed by atoms with Crippen molar-refractivity contribution in [3.8, 4) is 0 Å². The van der Waals surface area contributed by atoms with Gasteiger partial charge in [0, 0.05) is 6.42 Å². The number of rotatable bonds is 34. The molecule has 0 saturated heterocycles. The molecule has 0 saturated carbocycles. The number of aliphatic hydroxyl groups excluding tert-OH is 2. The maximum Gasteiger partial charge on any atom is 0.220 e. The summed E-state index contributed by atoms with van der Waals surface area (Å²) in [5, 5.41) is 22.3. The molecule has 1 amide bonds. The summed E-state index contributed by atoms with van der Waals surface area (Å²) in [6.07, 6.45) is 43.1. The Hall–Kier alpha value is -0.870. The van der Waals surface area contributed by atoms with Gasteiger partial charge in [0.15, 0.2) is 0 Å². The lowest BCUT2D eigenvalue weighted by molar-refractivity contribution is -0.122. The standard InChI is InChI=1S/C38H75NO3/c1-3-5-6-7-8-9-10-11-12-13-14-15-16-17-18-19-20-21-22-23-24-25-26-27-28-29-30-31-32-34-37(41)36(35-40)39-38(42)33-4-2/h32,34,36-37,40-41H,3-31,33,35H2,1-2H3,(H,39,42)/b34-32+. The molecule has 0 fully saturated rings. The average molecular weight is 594 g/mol. The molecular weight excluding hydrogens is 518 g/mol. The molecule has 0 aromatic heterocycles. The Balaban J connectivity index is 3.27. The number of hydrogen-bond acceptors (Lipinski definition) is 3. The molecule has 0 aromatic rings. The van der Waals surface area contributed by atoms with E-state index >= 15 is 0 Å². The van der Waals surface area contributed by atoms with Crippen LogP contribution in [-0.4, -0.2) is 34.9 Å². The van der Waals surface area contributed by atoms with Gasteiger partial charge in [-0.05, 0) is 19.3 Å². The second-order valence-corrected chi connectivity index (χ2v) is 13.0. The molecule has 0 bridgehead atoms. The van der Waals surface area contributed by atoms with Crippen molar-refractivity contribution in [2.24, 2.45) is 0 Å². The van der Waals surface area contributed by atoms with Gasteiger partial charge in [-0.15, -0.1) is 0 Å². The molecular formula is C38H75NO3. The van der Waals surface area contributed by atoms with E-state index in [1.54, 1.807) is 6.08 Å². The molecule has 0 aliphatic heterocycles. The maximum absolute atomic E-state index is 11.7. The van der Waals surface area contributed by atoms with Crippen molar-refractivity contribution >= 4 is 5.91 Å². The summed E-state index contributed by atoms with van der Waals surface area (Å²) < 4.78 is 0. The van der Waals surface area contributed by atoms with Crippen LogP contribution in [0.1, 0.15) is 206 Å². The van der Waals surface area contributed by atoms with Crippen molar-refractivity contribution in [3.63, 3.8) is 0 Å². The third-order valence-electron chi connectivity index (χ3n) is 8.74. The molecule has 0 aliphatic carbocycles. The van der Waals surface area contributed by atoms with Crippen molar-refractivity contribution in [1.82, 2.24) is 5.32 Å². The topological polar surface area (TPSA) is 69.6 Å². The van der Waals surface area contributed by atoms with E-state index in [0.29, 0.717) is 6.42 Å². The van der Waals surface area contributed by atoms with E-state index in [1.165, 1.54) is 167 Å². The molecule has 0 aromatic carbocycles. The van der Waals surface area contributed by atoms with E-state index in [4.69, 9.17) is 0 Å². The smallest absolute Gasteiger partial charge is 0.220 e. The lowest BCUT2D eigenvalue weighted by atomic mass is 10.0. The number of aliphatic hydroxyl groups is 2. The molecule has 0 radical (unpaired) electrons. The monoisotopic (exact) mass is 594 g/mol. The van der Waals surface area contributed by atoms with E-state index in [0.717, 1.165) is 19.3 Å². The van der Waals surface area contributed by atoms with E-state index in [2.05, 4.69) is 12.2 Å². The first-order valence-electron chi connectivity index (χ1n) is 18.9. The van der Waals surface area contributed by atoms with Crippen LogP contribution in [0.4, 0.5) is 0 Å². The Morgan fingerprint density at radius 2 is 0.881 bits per heavy atom. The fourth-order valence-electron chi connectivity index (χ4n) is 5.87. The highest BCUT2D eigenvalue weighted by Crippen LogP contribution is 2.16. The van der Waals surface area contributed by atoms with Crippen molar-refractivity contribution in [1.29, 1.82) is 0 Å². The van der Waals surface area contributed by atoms with E-state index < -0.39 is 12.1 Å². The van der Waals surface area contributed by atoms with E-state index in [-0.39, 0.29) is 12.5 Å². The normalized spacial score (nSPS) is 13.1. The Morgan fingerprint density at radius 1 is 0.548 bits per heavy atom. The van der Waals surface area contributed by atoms with Crippen LogP contribution >= 0.6 is 0 Å². The van der Waals surface area contributed by atoms with Gasteiger partial charge in [0.1, 0.15) is 0 Å². The van der Waals surface area contributed by atoms with Gasteiger partial charge in [0.25, 0.3) is 0 Å². The number of allylic oxidation sites excluding steroid dienone is 1. The summed E-state index contributed by atoms with van der Waals surface area (Å²) in [6.45, 7) is 3.99. The third kappa shape index (κ3) is 30.6. The van der Waals surface area contributed by atoms with Gasteiger partial charge in [-0.1, -0.05) is 193 Å². The highest BCUT2D eigenvalue weighted by Gasteiger charge is 2.17. The van der Waals surface area contributed by atoms with Gasteiger partial charge >= 0.3 is 0 Å². The largest absolute Gasteiger partial charge is 0.394 e. The lowest BCUT2D eigenvalue weighted by Gasteiger charge is -2.19. The lowest BCUT2D eigenvalue weighted by Crippen LogP contribution is -2.45. The van der Waals surface area contributed by atoms with Crippen LogP contribution in [0.25, 0.3) is 0 Å². The average Bonchev–Trinajstić information content (AvgIpc) is 2.99. The van der Waals surface area contributed by atoms with Crippen molar-refractivity contribution < 1.29 is 15.0 Å². The molecule has 4 heteroatoms. The Morgan fingerprint density at radius 3 is 1.19 bits per heavy atom. The number of carbonyl (C=O) groups is 1. The zero-order valence-corrected chi connectivity index (χ0v) is 28.5. The van der Waals surface area contributed by atoms with Crippen molar-refractivity contribution in [3.05, 3.63) is 12.2 Å². The van der Waals surface area contributed by atoms with E-state index in [9.17, 15) is 15.0 Å². The SMILES string of the molecule is CCCCCCCCCCCCCCCCCCCCCCCCCCCCC/C=C/C(O)C(CO)NC(=O)CCC. The molecule has 0 rings (SSSR count). The molecule has 4 nitrogen and oxygen atoms in total. The highest BCUT2D eigenvalue weighted by atomic mass is 16.3. The molecule has 0 aliphatic rings. The van der Waals surface area contributed by atoms with Gasteiger partial charge in [-0.3, -0.25) is 4.79 Å². The first-order chi connectivity index (χ1) is 20.7. The molecule has 2 unspecified atom stereocenters. The molecule has 0 heterocycles. The number of unbranched alkanes of at least 4 members (excludes halogenated alkanes) is 27. The van der Waals surface area contributed by atoms with Crippen LogP contribution in [0, 0.1) is 0 Å². The van der Waals surface area contributed by atoms with Crippen LogP contribution in [0.2, 0.25) is 0 Å². The van der Waals surface area contributed by atoms with Gasteiger partial charge in [0.2, 0.25) is 5.91 Å². The highest BCUT2D eigenvalue weighted by molar-refractivity contribution is 5.76. The molecule has 250 valence electrons. The zero-order chi connectivity index (χ0) is 30.8. The quantitative estimate of drug-likeness (QED) is 0.0513. The molecule has 42 heavy (non-hydrogen) atoms. The first kappa shape index (κ1) is 41.1. The predicted octanol–water partition coefficient (Wildman–Crippen LogP) is 11.1. The minimum absolute atomic E-state index is 0.116. The van der Waals surface area contributed by atoms with E-state index in [1.807, 2.05) is 13.0 Å². The Labute approximate surface area is 263 Å². The maximum atomic E-state index is 11.7. The molecule has 2 atom stereocenters. The minimum atomic E-state index is -0.829. The first-order valence-corrected chi connectivity index (χ1v) is 18.9. The Kier molecular flexibility index (Phi) is 33.9. The summed E-state index contributed by atoms with van der Waals surface area (Å²) in [6, 6.07) is -0.612. The minimum Gasteiger partial charge on any atom is -0.394 e. The van der Waals surface area contributed by atoms with Crippen LogP contribution in [-0.2, 0) is 4.79 Å². The van der Waals surface area contributed by atoms with Crippen molar-refractivity contribution in [2.75, 3.05) is 6.61 Å². The summed E-state index contributed by atoms with van der Waals surface area (Å²) in [5.74, 6) is -0.116. The predicted molar refractivity (Wildman–Crippen MR) is 184 cm³/mol. The summed E-state index contributed by atoms with van der Waals surface area (Å²) >= 11 is 0. The summed E-state index contributed by atoms with van der Waals surface area (Å²) in [7, 11) is 0. The van der Waals surface area contributed by atoms with Crippen LogP contribution < -0.4 is 5.32 Å². The van der Waals surface area contributed by atoms with Crippen LogP contribution in [0.3, 0.4) is 0 Å². The number of hydrogen-bond donors (Lipinski definition) is 3. The second-order valence-electron chi connectivity index (χ2n) is 13.0. The van der Waals surface area contributed by atoms with Gasteiger partial charge < -0.3 is 15.5 Å². The summed E-state index contributed by atoms with van der Waals surface area (Å²) in [5.41, 5.74) is 0. The number of carbonyl (C=O) groups excluding carboxylic acids is 1. The van der Waals surface area contributed by atoms with Crippen molar-refractivity contribution in [2.45, 2.75) is 219 Å². The third-order valence-corrected chi connectivity index (χ3v) is 8.74. The van der Waals surface area contributed by atoms with Gasteiger partial charge in [-0.25, -0.2) is 0 Å². The Bertz CT molecular complexity index is 565. The molecule has 3 N–H and O–H groups in total.